The lowest BCUT2D eigenvalue weighted by Crippen LogP contribution is -2.21. The SMILES string of the molecule is CCC[C@@H]1CCc2c(sc(NC(=O)[C@H](C)CCC)c2C(=O)OCC)C1. The highest BCUT2D eigenvalue weighted by Crippen LogP contribution is 2.41. The number of fused-ring (bicyclic) bond motifs is 1. The Bertz CT molecular complexity index is 608. The summed E-state index contributed by atoms with van der Waals surface area (Å²) in [6, 6.07) is 0. The van der Waals surface area contributed by atoms with Crippen molar-refractivity contribution in [2.45, 2.75) is 72.6 Å². The van der Waals surface area contributed by atoms with Crippen LogP contribution in [0.15, 0.2) is 0 Å². The van der Waals surface area contributed by atoms with Crippen LogP contribution in [0, 0.1) is 11.8 Å². The first kappa shape index (κ1) is 20.0. The van der Waals surface area contributed by atoms with E-state index in [4.69, 9.17) is 4.74 Å². The summed E-state index contributed by atoms with van der Waals surface area (Å²) in [6.45, 7) is 8.39. The number of anilines is 1. The number of hydrogen-bond donors (Lipinski definition) is 1. The maximum Gasteiger partial charge on any atom is 0.341 e. The van der Waals surface area contributed by atoms with Crippen LogP contribution in [0.25, 0.3) is 0 Å². The van der Waals surface area contributed by atoms with Gasteiger partial charge in [-0.15, -0.1) is 11.3 Å². The average molecular weight is 366 g/mol. The van der Waals surface area contributed by atoms with Crippen molar-refractivity contribution < 1.29 is 14.3 Å². The van der Waals surface area contributed by atoms with Crippen molar-refractivity contribution in [1.29, 1.82) is 0 Å². The number of nitrogens with one attached hydrogen (secondary N) is 1. The molecule has 1 amide bonds. The summed E-state index contributed by atoms with van der Waals surface area (Å²) >= 11 is 1.58. The van der Waals surface area contributed by atoms with Gasteiger partial charge >= 0.3 is 5.97 Å². The van der Waals surface area contributed by atoms with Crippen LogP contribution in [-0.4, -0.2) is 18.5 Å². The van der Waals surface area contributed by atoms with Gasteiger partial charge in [0.1, 0.15) is 5.00 Å². The second kappa shape index (κ2) is 9.37. The van der Waals surface area contributed by atoms with E-state index >= 15 is 0 Å². The third-order valence-electron chi connectivity index (χ3n) is 4.95. The Morgan fingerprint density at radius 1 is 1.28 bits per heavy atom. The van der Waals surface area contributed by atoms with Crippen molar-refractivity contribution in [3.8, 4) is 0 Å². The Morgan fingerprint density at radius 3 is 2.68 bits per heavy atom. The molecule has 0 unspecified atom stereocenters. The van der Waals surface area contributed by atoms with Gasteiger partial charge in [0.05, 0.1) is 12.2 Å². The third kappa shape index (κ3) is 4.84. The van der Waals surface area contributed by atoms with E-state index in [2.05, 4.69) is 19.2 Å². The number of esters is 1. The molecule has 4 nitrogen and oxygen atoms in total. The van der Waals surface area contributed by atoms with E-state index in [0.717, 1.165) is 37.7 Å². The van der Waals surface area contributed by atoms with Crippen molar-refractivity contribution >= 4 is 28.2 Å². The van der Waals surface area contributed by atoms with Crippen LogP contribution in [0.3, 0.4) is 0 Å². The third-order valence-corrected chi connectivity index (χ3v) is 6.12. The van der Waals surface area contributed by atoms with Crippen molar-refractivity contribution in [2.75, 3.05) is 11.9 Å². The number of carbonyl (C=O) groups excluding carboxylic acids is 2. The number of hydrogen-bond acceptors (Lipinski definition) is 4. The Balaban J connectivity index is 2.28. The molecule has 0 saturated heterocycles. The zero-order valence-corrected chi connectivity index (χ0v) is 16.8. The van der Waals surface area contributed by atoms with Crippen LogP contribution < -0.4 is 5.32 Å². The van der Waals surface area contributed by atoms with E-state index in [1.54, 1.807) is 11.3 Å². The number of carbonyl (C=O) groups is 2. The molecule has 140 valence electrons. The van der Waals surface area contributed by atoms with Crippen LogP contribution in [0.4, 0.5) is 5.00 Å². The van der Waals surface area contributed by atoms with Gasteiger partial charge in [-0.1, -0.05) is 40.0 Å². The van der Waals surface area contributed by atoms with E-state index in [0.29, 0.717) is 23.1 Å². The van der Waals surface area contributed by atoms with Crippen molar-refractivity contribution in [2.24, 2.45) is 11.8 Å². The predicted octanol–water partition coefficient (Wildman–Crippen LogP) is 5.20. The van der Waals surface area contributed by atoms with Crippen LogP contribution >= 0.6 is 11.3 Å². The molecule has 1 aromatic heterocycles. The first-order chi connectivity index (χ1) is 12.0. The van der Waals surface area contributed by atoms with Crippen LogP contribution in [-0.2, 0) is 22.4 Å². The summed E-state index contributed by atoms with van der Waals surface area (Å²) in [7, 11) is 0. The number of ether oxygens (including phenoxy) is 1. The Kier molecular flexibility index (Phi) is 7.48. The highest BCUT2D eigenvalue weighted by Gasteiger charge is 2.30. The topological polar surface area (TPSA) is 55.4 Å². The van der Waals surface area contributed by atoms with Gasteiger partial charge in [-0.05, 0) is 44.1 Å². The van der Waals surface area contributed by atoms with Gasteiger partial charge in [-0.25, -0.2) is 4.79 Å². The maximum atomic E-state index is 12.5. The van der Waals surface area contributed by atoms with E-state index in [-0.39, 0.29) is 17.8 Å². The molecule has 0 aliphatic heterocycles. The minimum Gasteiger partial charge on any atom is -0.462 e. The number of rotatable bonds is 8. The molecule has 0 aromatic carbocycles. The lowest BCUT2D eigenvalue weighted by Gasteiger charge is -2.21. The van der Waals surface area contributed by atoms with Crippen molar-refractivity contribution in [3.05, 3.63) is 16.0 Å². The molecule has 0 spiro atoms. The number of thiophene rings is 1. The highest BCUT2D eigenvalue weighted by molar-refractivity contribution is 7.17. The molecule has 2 rings (SSSR count). The Hall–Kier alpha value is -1.36. The van der Waals surface area contributed by atoms with E-state index in [1.165, 1.54) is 17.7 Å². The maximum absolute atomic E-state index is 12.5. The van der Waals surface area contributed by atoms with E-state index in [9.17, 15) is 9.59 Å². The fraction of sp³-hybridized carbons (Fsp3) is 0.700. The fourth-order valence-corrected chi connectivity index (χ4v) is 4.97. The molecule has 0 saturated carbocycles. The predicted molar refractivity (Wildman–Crippen MR) is 103 cm³/mol. The Morgan fingerprint density at radius 2 is 2.04 bits per heavy atom. The summed E-state index contributed by atoms with van der Waals surface area (Å²) in [4.78, 5) is 26.2. The van der Waals surface area contributed by atoms with Gasteiger partial charge in [0.15, 0.2) is 0 Å². The smallest absolute Gasteiger partial charge is 0.341 e. The van der Waals surface area contributed by atoms with E-state index in [1.807, 2.05) is 13.8 Å². The summed E-state index contributed by atoms with van der Waals surface area (Å²) in [5.74, 6) is 0.337. The minimum atomic E-state index is -0.299. The highest BCUT2D eigenvalue weighted by atomic mass is 32.1. The van der Waals surface area contributed by atoms with E-state index < -0.39 is 0 Å². The minimum absolute atomic E-state index is 0.00361. The van der Waals surface area contributed by atoms with Gasteiger partial charge in [0, 0.05) is 10.8 Å². The zero-order chi connectivity index (χ0) is 18.4. The molecular formula is C20H31NO3S. The van der Waals surface area contributed by atoms with Crippen LogP contribution in [0.5, 0.6) is 0 Å². The molecule has 1 heterocycles. The standard InChI is InChI=1S/C20H31NO3S/c1-5-8-13(4)18(22)21-19-17(20(23)24-7-3)15-11-10-14(9-6-2)12-16(15)25-19/h13-14H,5-12H2,1-4H3,(H,21,22)/t13-,14-/m1/s1. The van der Waals surface area contributed by atoms with Gasteiger partial charge in [0.2, 0.25) is 5.91 Å². The molecule has 1 N–H and O–H groups in total. The zero-order valence-electron chi connectivity index (χ0n) is 15.9. The molecule has 25 heavy (non-hydrogen) atoms. The van der Waals surface area contributed by atoms with Gasteiger partial charge in [-0.3, -0.25) is 4.79 Å². The summed E-state index contributed by atoms with van der Waals surface area (Å²) in [5.41, 5.74) is 1.71. The molecule has 1 aromatic rings. The molecule has 0 fully saturated rings. The molecule has 0 radical (unpaired) electrons. The average Bonchev–Trinajstić information content (AvgIpc) is 2.92. The molecule has 1 aliphatic carbocycles. The summed E-state index contributed by atoms with van der Waals surface area (Å²) < 4.78 is 5.27. The molecule has 5 heteroatoms. The Labute approximate surface area is 155 Å². The second-order valence-corrected chi connectivity index (χ2v) is 8.11. The first-order valence-corrected chi connectivity index (χ1v) is 10.5. The lowest BCUT2D eigenvalue weighted by atomic mass is 9.84. The molecule has 2 atom stereocenters. The van der Waals surface area contributed by atoms with Gasteiger partial charge in [-0.2, -0.15) is 0 Å². The van der Waals surface area contributed by atoms with Crippen LogP contribution in [0.1, 0.15) is 80.6 Å². The summed E-state index contributed by atoms with van der Waals surface area (Å²) in [6.07, 6.45) is 7.27. The first-order valence-electron chi connectivity index (χ1n) is 9.64. The van der Waals surface area contributed by atoms with Crippen molar-refractivity contribution in [1.82, 2.24) is 0 Å². The molecule has 0 bridgehead atoms. The monoisotopic (exact) mass is 365 g/mol. The molecular weight excluding hydrogens is 334 g/mol. The van der Waals surface area contributed by atoms with Gasteiger partial charge in [0.25, 0.3) is 0 Å². The van der Waals surface area contributed by atoms with Gasteiger partial charge < -0.3 is 10.1 Å². The quantitative estimate of drug-likeness (QED) is 0.644. The fourth-order valence-electron chi connectivity index (χ4n) is 3.62. The second-order valence-electron chi connectivity index (χ2n) is 7.00. The van der Waals surface area contributed by atoms with Crippen LogP contribution in [0.2, 0.25) is 0 Å². The normalized spacial score (nSPS) is 17.7. The lowest BCUT2D eigenvalue weighted by molar-refractivity contribution is -0.119. The summed E-state index contributed by atoms with van der Waals surface area (Å²) in [5, 5.41) is 3.71. The largest absolute Gasteiger partial charge is 0.462 e. The van der Waals surface area contributed by atoms with Crippen molar-refractivity contribution in [3.63, 3.8) is 0 Å². The molecule has 1 aliphatic rings. The number of amides is 1.